The summed E-state index contributed by atoms with van der Waals surface area (Å²) in [5.74, 6) is 0.559. The number of nitrogens with zero attached hydrogens (tertiary/aromatic N) is 1. The van der Waals surface area contributed by atoms with E-state index in [1.807, 2.05) is 6.92 Å². The number of aryl methyl sites for hydroxylation is 2. The molecule has 0 spiro atoms. The Hall–Kier alpha value is -3.52. The second-order valence-electron chi connectivity index (χ2n) is 8.97. The predicted octanol–water partition coefficient (Wildman–Crippen LogP) is 4.90. The Morgan fingerprint density at radius 1 is 0.889 bits per heavy atom. The van der Waals surface area contributed by atoms with Gasteiger partial charge < -0.3 is 14.8 Å². The molecule has 8 heteroatoms. The monoisotopic (exact) mass is 508 g/mol. The van der Waals surface area contributed by atoms with E-state index in [9.17, 15) is 13.2 Å². The highest BCUT2D eigenvalue weighted by atomic mass is 32.2. The van der Waals surface area contributed by atoms with Crippen molar-refractivity contribution < 1.29 is 22.7 Å². The normalized spacial score (nSPS) is 13.9. The summed E-state index contributed by atoms with van der Waals surface area (Å²) in [5.41, 5.74) is 4.76. The quantitative estimate of drug-likeness (QED) is 0.468. The van der Waals surface area contributed by atoms with E-state index in [1.54, 1.807) is 30.3 Å². The number of carbonyl (C=O) groups excluding carboxylic acids is 1. The van der Waals surface area contributed by atoms with E-state index in [0.717, 1.165) is 18.4 Å². The van der Waals surface area contributed by atoms with Crippen LogP contribution >= 0.6 is 0 Å². The molecule has 0 aromatic heterocycles. The molecule has 4 rings (SSSR count). The zero-order valence-corrected chi connectivity index (χ0v) is 21.9. The van der Waals surface area contributed by atoms with E-state index in [1.165, 1.54) is 61.7 Å². The number of nitrogens with one attached hydrogen (secondary N) is 1. The fraction of sp³-hybridized carbons (Fsp3) is 0.321. The van der Waals surface area contributed by atoms with Crippen molar-refractivity contribution in [1.29, 1.82) is 0 Å². The van der Waals surface area contributed by atoms with Crippen LogP contribution in [0.5, 0.6) is 11.5 Å². The molecule has 1 N–H and O–H groups in total. The molecule has 190 valence electrons. The van der Waals surface area contributed by atoms with Crippen LogP contribution in [-0.2, 0) is 22.9 Å². The maximum Gasteiger partial charge on any atom is 0.264 e. The zero-order valence-electron chi connectivity index (χ0n) is 21.1. The number of fused-ring (bicyclic) bond motifs is 1. The Morgan fingerprint density at radius 3 is 2.22 bits per heavy atom. The highest BCUT2D eigenvalue weighted by molar-refractivity contribution is 7.92. The molecular weight excluding hydrogens is 476 g/mol. The van der Waals surface area contributed by atoms with Gasteiger partial charge in [-0.3, -0.25) is 9.10 Å². The fourth-order valence-corrected chi connectivity index (χ4v) is 5.69. The smallest absolute Gasteiger partial charge is 0.264 e. The standard InChI is InChI=1S/C28H32N2O5S/c1-19(22-10-9-20-7-5-6-8-23(20)17-22)29-28(31)21-11-13-24(14-12-21)30(2)36(32,33)25-15-16-26(34-3)27(18-25)35-4/h9-19H,5-8H2,1-4H3,(H,29,31). The second kappa shape index (κ2) is 10.6. The van der Waals surface area contributed by atoms with Gasteiger partial charge in [0.05, 0.1) is 30.8 Å². The second-order valence-corrected chi connectivity index (χ2v) is 10.9. The lowest BCUT2D eigenvalue weighted by molar-refractivity contribution is 0.0940. The van der Waals surface area contributed by atoms with Crippen LogP contribution in [0.25, 0.3) is 0 Å². The number of ether oxygens (including phenoxy) is 2. The Kier molecular flexibility index (Phi) is 7.54. The summed E-state index contributed by atoms with van der Waals surface area (Å²) < 4.78 is 38.0. The summed E-state index contributed by atoms with van der Waals surface area (Å²) in [6, 6.07) is 17.3. The Morgan fingerprint density at radius 2 is 1.56 bits per heavy atom. The molecule has 0 aliphatic heterocycles. The van der Waals surface area contributed by atoms with E-state index < -0.39 is 10.0 Å². The molecule has 0 bridgehead atoms. The van der Waals surface area contributed by atoms with Gasteiger partial charge in [0.15, 0.2) is 11.5 Å². The molecule has 36 heavy (non-hydrogen) atoms. The van der Waals surface area contributed by atoms with Gasteiger partial charge in [-0.25, -0.2) is 8.42 Å². The van der Waals surface area contributed by atoms with Crippen LogP contribution in [0.3, 0.4) is 0 Å². The molecule has 1 amide bonds. The zero-order chi connectivity index (χ0) is 25.9. The van der Waals surface area contributed by atoms with Crippen molar-refractivity contribution in [2.45, 2.75) is 43.5 Å². The van der Waals surface area contributed by atoms with Crippen LogP contribution in [0.15, 0.2) is 65.6 Å². The molecule has 0 heterocycles. The lowest BCUT2D eigenvalue weighted by Crippen LogP contribution is -2.28. The van der Waals surface area contributed by atoms with Gasteiger partial charge in [0.2, 0.25) is 0 Å². The van der Waals surface area contributed by atoms with Gasteiger partial charge in [-0.1, -0.05) is 18.2 Å². The number of anilines is 1. The van der Waals surface area contributed by atoms with Crippen LogP contribution in [0.1, 0.15) is 52.9 Å². The Balaban J connectivity index is 1.46. The van der Waals surface area contributed by atoms with E-state index in [0.29, 0.717) is 22.7 Å². The first-order valence-corrected chi connectivity index (χ1v) is 13.4. The van der Waals surface area contributed by atoms with Gasteiger partial charge in [0, 0.05) is 18.7 Å². The van der Waals surface area contributed by atoms with Crippen molar-refractivity contribution in [2.24, 2.45) is 0 Å². The first-order valence-electron chi connectivity index (χ1n) is 12.0. The molecule has 0 saturated carbocycles. The molecule has 3 aromatic carbocycles. The van der Waals surface area contributed by atoms with Crippen molar-refractivity contribution in [1.82, 2.24) is 5.32 Å². The maximum atomic E-state index is 13.2. The average molecular weight is 509 g/mol. The molecule has 1 atom stereocenters. The van der Waals surface area contributed by atoms with Gasteiger partial charge in [0.1, 0.15) is 0 Å². The van der Waals surface area contributed by atoms with Crippen molar-refractivity contribution in [3.8, 4) is 11.5 Å². The van der Waals surface area contributed by atoms with E-state index in [2.05, 4.69) is 23.5 Å². The number of hydrogen-bond acceptors (Lipinski definition) is 5. The molecule has 1 unspecified atom stereocenters. The Labute approximate surface area is 213 Å². The van der Waals surface area contributed by atoms with E-state index in [4.69, 9.17) is 9.47 Å². The summed E-state index contributed by atoms with van der Waals surface area (Å²) >= 11 is 0. The third-order valence-electron chi connectivity index (χ3n) is 6.73. The minimum absolute atomic E-state index is 0.0725. The lowest BCUT2D eigenvalue weighted by atomic mass is 9.89. The summed E-state index contributed by atoms with van der Waals surface area (Å²) in [6.45, 7) is 1.97. The SMILES string of the molecule is COc1ccc(S(=O)(=O)N(C)c2ccc(C(=O)NC(C)c3ccc4c(c3)CCCC4)cc2)cc1OC. The topological polar surface area (TPSA) is 84.9 Å². The molecular formula is C28H32N2O5S. The lowest BCUT2D eigenvalue weighted by Gasteiger charge is -2.21. The van der Waals surface area contributed by atoms with E-state index >= 15 is 0 Å². The maximum absolute atomic E-state index is 13.2. The number of methoxy groups -OCH3 is 2. The average Bonchev–Trinajstić information content (AvgIpc) is 2.91. The first-order chi connectivity index (χ1) is 17.2. The van der Waals surface area contributed by atoms with Gasteiger partial charge in [-0.2, -0.15) is 0 Å². The molecule has 3 aromatic rings. The largest absolute Gasteiger partial charge is 0.493 e. The van der Waals surface area contributed by atoms with Crippen LogP contribution in [0.4, 0.5) is 5.69 Å². The summed E-state index contributed by atoms with van der Waals surface area (Å²) in [6.07, 6.45) is 4.66. The van der Waals surface area contributed by atoms with Crippen LogP contribution in [-0.4, -0.2) is 35.6 Å². The van der Waals surface area contributed by atoms with Gasteiger partial charge >= 0.3 is 0 Å². The molecule has 1 aliphatic rings. The summed E-state index contributed by atoms with van der Waals surface area (Å²) in [7, 11) is 0.565. The number of benzene rings is 3. The number of rotatable bonds is 8. The number of sulfonamides is 1. The van der Waals surface area contributed by atoms with Gasteiger partial charge in [-0.05, 0) is 85.7 Å². The summed E-state index contributed by atoms with van der Waals surface area (Å²) in [4.78, 5) is 13.0. The van der Waals surface area contributed by atoms with Crippen molar-refractivity contribution in [2.75, 3.05) is 25.6 Å². The van der Waals surface area contributed by atoms with Gasteiger partial charge in [0.25, 0.3) is 15.9 Å². The molecule has 0 fully saturated rings. The van der Waals surface area contributed by atoms with Crippen molar-refractivity contribution in [3.05, 3.63) is 82.9 Å². The highest BCUT2D eigenvalue weighted by Crippen LogP contribution is 2.32. The van der Waals surface area contributed by atoms with Crippen molar-refractivity contribution in [3.63, 3.8) is 0 Å². The number of hydrogen-bond donors (Lipinski definition) is 1. The van der Waals surface area contributed by atoms with Crippen molar-refractivity contribution >= 4 is 21.6 Å². The Bertz CT molecular complexity index is 1350. The molecule has 0 saturated heterocycles. The first kappa shape index (κ1) is 25.6. The van der Waals surface area contributed by atoms with E-state index in [-0.39, 0.29) is 16.8 Å². The summed E-state index contributed by atoms with van der Waals surface area (Å²) in [5, 5.41) is 3.05. The number of carbonyl (C=O) groups is 1. The minimum Gasteiger partial charge on any atom is -0.493 e. The van der Waals surface area contributed by atoms with Gasteiger partial charge in [-0.15, -0.1) is 0 Å². The number of amides is 1. The highest BCUT2D eigenvalue weighted by Gasteiger charge is 2.23. The van der Waals surface area contributed by atoms with Crippen LogP contribution in [0, 0.1) is 0 Å². The predicted molar refractivity (Wildman–Crippen MR) is 141 cm³/mol. The third kappa shape index (κ3) is 5.18. The molecule has 0 radical (unpaired) electrons. The van der Waals surface area contributed by atoms with Crippen LogP contribution < -0.4 is 19.1 Å². The minimum atomic E-state index is -3.85. The molecule has 7 nitrogen and oxygen atoms in total. The third-order valence-corrected chi connectivity index (χ3v) is 8.51. The fourth-order valence-electron chi connectivity index (χ4n) is 4.48. The molecule has 1 aliphatic carbocycles. The van der Waals surface area contributed by atoms with Crippen LogP contribution in [0.2, 0.25) is 0 Å².